The lowest BCUT2D eigenvalue weighted by Gasteiger charge is -2.12. The summed E-state index contributed by atoms with van der Waals surface area (Å²) >= 11 is 7.95. The van der Waals surface area contributed by atoms with Crippen LogP contribution >= 0.6 is 23.4 Å². The second kappa shape index (κ2) is 5.98. The summed E-state index contributed by atoms with van der Waals surface area (Å²) in [6.45, 7) is 7.46. The molecule has 1 aromatic carbocycles. The quantitative estimate of drug-likeness (QED) is 0.878. The Morgan fingerprint density at radius 2 is 2.28 bits per heavy atom. The summed E-state index contributed by atoms with van der Waals surface area (Å²) in [6, 6.07) is 5.91. The molecule has 2 nitrogen and oxygen atoms in total. The van der Waals surface area contributed by atoms with Crippen LogP contribution in [0, 0.1) is 12.8 Å². The van der Waals surface area contributed by atoms with Crippen LogP contribution in [0.3, 0.4) is 0 Å². The molecule has 0 fully saturated rings. The Balaban J connectivity index is 1.97. The summed E-state index contributed by atoms with van der Waals surface area (Å²) in [5.41, 5.74) is 2.13. The SMILES string of the molecule is Cc1c(Cl)cccc1NC1=NCC(CC(C)C)S1. The number of aliphatic imine (C=N–C) groups is 1. The molecule has 2 rings (SSSR count). The van der Waals surface area contributed by atoms with Gasteiger partial charge in [-0.3, -0.25) is 4.99 Å². The van der Waals surface area contributed by atoms with Crippen molar-refractivity contribution >= 4 is 34.2 Å². The van der Waals surface area contributed by atoms with Crippen LogP contribution < -0.4 is 5.32 Å². The van der Waals surface area contributed by atoms with E-state index in [9.17, 15) is 0 Å². The Morgan fingerprint density at radius 3 is 3.00 bits per heavy atom. The number of benzene rings is 1. The summed E-state index contributed by atoms with van der Waals surface area (Å²) in [5.74, 6) is 0.727. The molecule has 0 spiro atoms. The van der Waals surface area contributed by atoms with Crippen molar-refractivity contribution < 1.29 is 0 Å². The maximum absolute atomic E-state index is 6.11. The Hall–Kier alpha value is -0.670. The van der Waals surface area contributed by atoms with Gasteiger partial charge < -0.3 is 5.32 Å². The fourth-order valence-corrected chi connectivity index (χ4v) is 3.43. The third-order valence-electron chi connectivity index (χ3n) is 2.96. The third kappa shape index (κ3) is 3.42. The van der Waals surface area contributed by atoms with E-state index >= 15 is 0 Å². The highest BCUT2D eigenvalue weighted by atomic mass is 35.5. The molecular weight excluding hydrogens is 264 g/mol. The Kier molecular flexibility index (Phi) is 4.57. The van der Waals surface area contributed by atoms with Gasteiger partial charge in [0.15, 0.2) is 5.17 Å². The predicted octanol–water partition coefficient (Wildman–Crippen LogP) is 4.58. The van der Waals surface area contributed by atoms with Crippen LogP contribution in [0.4, 0.5) is 5.69 Å². The monoisotopic (exact) mass is 282 g/mol. The van der Waals surface area contributed by atoms with Gasteiger partial charge in [-0.2, -0.15) is 0 Å². The van der Waals surface area contributed by atoms with Crippen molar-refractivity contribution in [3.63, 3.8) is 0 Å². The number of anilines is 1. The van der Waals surface area contributed by atoms with Crippen molar-refractivity contribution in [2.24, 2.45) is 10.9 Å². The van der Waals surface area contributed by atoms with Crippen molar-refractivity contribution in [1.29, 1.82) is 0 Å². The molecule has 0 saturated carbocycles. The normalized spacial score (nSPS) is 19.2. The van der Waals surface area contributed by atoms with E-state index in [0.717, 1.165) is 33.9 Å². The molecule has 0 radical (unpaired) electrons. The van der Waals surface area contributed by atoms with Gasteiger partial charge in [0.05, 0.1) is 6.54 Å². The van der Waals surface area contributed by atoms with Crippen molar-refractivity contribution in [3.05, 3.63) is 28.8 Å². The fraction of sp³-hybridized carbons (Fsp3) is 0.500. The van der Waals surface area contributed by atoms with E-state index in [1.54, 1.807) is 0 Å². The summed E-state index contributed by atoms with van der Waals surface area (Å²) in [7, 11) is 0. The molecule has 1 atom stereocenters. The van der Waals surface area contributed by atoms with E-state index < -0.39 is 0 Å². The summed E-state index contributed by atoms with van der Waals surface area (Å²) in [6.07, 6.45) is 1.22. The summed E-state index contributed by atoms with van der Waals surface area (Å²) < 4.78 is 0. The molecule has 0 aromatic heterocycles. The summed E-state index contributed by atoms with van der Waals surface area (Å²) in [5, 5.41) is 5.81. The van der Waals surface area contributed by atoms with Crippen LogP contribution in [0.15, 0.2) is 23.2 Å². The van der Waals surface area contributed by atoms with Crippen LogP contribution in [-0.4, -0.2) is 17.0 Å². The summed E-state index contributed by atoms with van der Waals surface area (Å²) in [4.78, 5) is 4.56. The second-order valence-electron chi connectivity index (χ2n) is 5.05. The van der Waals surface area contributed by atoms with Gasteiger partial charge in [0.25, 0.3) is 0 Å². The Bertz CT molecular complexity index is 457. The largest absolute Gasteiger partial charge is 0.335 e. The van der Waals surface area contributed by atoms with Crippen LogP contribution in [-0.2, 0) is 0 Å². The number of amidine groups is 1. The van der Waals surface area contributed by atoms with E-state index in [-0.39, 0.29) is 0 Å². The zero-order valence-corrected chi connectivity index (χ0v) is 12.6. The molecule has 1 N–H and O–H groups in total. The zero-order valence-electron chi connectivity index (χ0n) is 11.0. The third-order valence-corrected chi connectivity index (χ3v) is 4.50. The minimum absolute atomic E-state index is 0.618. The zero-order chi connectivity index (χ0) is 13.1. The number of hydrogen-bond donors (Lipinski definition) is 1. The van der Waals surface area contributed by atoms with Crippen molar-refractivity contribution in [2.45, 2.75) is 32.4 Å². The van der Waals surface area contributed by atoms with Gasteiger partial charge in [-0.05, 0) is 37.0 Å². The van der Waals surface area contributed by atoms with Crippen LogP contribution in [0.5, 0.6) is 0 Å². The second-order valence-corrected chi connectivity index (χ2v) is 6.75. The topological polar surface area (TPSA) is 24.4 Å². The maximum atomic E-state index is 6.11. The van der Waals surface area contributed by atoms with Gasteiger partial charge in [-0.15, -0.1) is 0 Å². The molecule has 4 heteroatoms. The molecule has 1 aliphatic rings. The number of thioether (sulfide) groups is 1. The molecule has 0 saturated heterocycles. The molecule has 0 amide bonds. The first kappa shape index (κ1) is 13.8. The molecule has 0 aliphatic carbocycles. The number of hydrogen-bond acceptors (Lipinski definition) is 3. The molecule has 1 aromatic rings. The first-order valence-corrected chi connectivity index (χ1v) is 7.55. The Morgan fingerprint density at radius 1 is 1.50 bits per heavy atom. The predicted molar refractivity (Wildman–Crippen MR) is 82.9 cm³/mol. The first-order chi connectivity index (χ1) is 8.56. The van der Waals surface area contributed by atoms with E-state index in [1.165, 1.54) is 6.42 Å². The van der Waals surface area contributed by atoms with Crippen LogP contribution in [0.2, 0.25) is 5.02 Å². The van der Waals surface area contributed by atoms with Gasteiger partial charge in [0.2, 0.25) is 0 Å². The van der Waals surface area contributed by atoms with Gasteiger partial charge >= 0.3 is 0 Å². The first-order valence-electron chi connectivity index (χ1n) is 6.29. The average Bonchev–Trinajstić information content (AvgIpc) is 2.71. The van der Waals surface area contributed by atoms with Crippen molar-refractivity contribution in [3.8, 4) is 0 Å². The number of halogens is 1. The lowest BCUT2D eigenvalue weighted by atomic mass is 10.1. The number of nitrogens with one attached hydrogen (secondary N) is 1. The van der Waals surface area contributed by atoms with Gasteiger partial charge in [0, 0.05) is 16.0 Å². The van der Waals surface area contributed by atoms with Gasteiger partial charge in [-0.25, -0.2) is 0 Å². The fourth-order valence-electron chi connectivity index (χ4n) is 1.99. The van der Waals surface area contributed by atoms with Gasteiger partial charge in [-0.1, -0.05) is 43.3 Å². The number of nitrogens with zero attached hydrogens (tertiary/aromatic N) is 1. The van der Waals surface area contributed by atoms with E-state index in [1.807, 2.05) is 36.9 Å². The lowest BCUT2D eigenvalue weighted by Crippen LogP contribution is -2.10. The van der Waals surface area contributed by atoms with Gasteiger partial charge in [0.1, 0.15) is 0 Å². The maximum Gasteiger partial charge on any atom is 0.161 e. The molecule has 0 bridgehead atoms. The molecule has 18 heavy (non-hydrogen) atoms. The highest BCUT2D eigenvalue weighted by molar-refractivity contribution is 8.15. The van der Waals surface area contributed by atoms with E-state index in [0.29, 0.717) is 5.25 Å². The highest BCUT2D eigenvalue weighted by Crippen LogP contribution is 2.29. The molecule has 1 heterocycles. The lowest BCUT2D eigenvalue weighted by molar-refractivity contribution is 0.575. The number of rotatable bonds is 3. The van der Waals surface area contributed by atoms with E-state index in [4.69, 9.17) is 11.6 Å². The van der Waals surface area contributed by atoms with E-state index in [2.05, 4.69) is 24.2 Å². The van der Waals surface area contributed by atoms with Crippen LogP contribution in [0.1, 0.15) is 25.8 Å². The molecule has 1 unspecified atom stereocenters. The van der Waals surface area contributed by atoms with Crippen molar-refractivity contribution in [2.75, 3.05) is 11.9 Å². The molecular formula is C14H19ClN2S. The molecule has 98 valence electrons. The highest BCUT2D eigenvalue weighted by Gasteiger charge is 2.20. The van der Waals surface area contributed by atoms with Crippen LogP contribution in [0.25, 0.3) is 0 Å². The smallest absolute Gasteiger partial charge is 0.161 e. The standard InChI is InChI=1S/C14H19ClN2S/c1-9(2)7-11-8-16-14(18-11)17-13-6-4-5-12(15)10(13)3/h4-6,9,11H,7-8H2,1-3H3,(H,16,17). The average molecular weight is 283 g/mol. The van der Waals surface area contributed by atoms with Crippen molar-refractivity contribution in [1.82, 2.24) is 0 Å². The minimum atomic E-state index is 0.618. The minimum Gasteiger partial charge on any atom is -0.335 e. The molecule has 1 aliphatic heterocycles. The Labute approximate surface area is 118 Å².